The Morgan fingerprint density at radius 3 is 2.56 bits per heavy atom. The largest absolute Gasteiger partial charge is 0.276 e. The molecule has 136 valence electrons. The standard InChI is InChI=1S/C20H18N4O2S/c1-23-12-17(11-22-23)20-14-24(13-16-4-2-3-5-19(16)20)27(25,26)18-8-6-15(10-21)7-9-18/h2-9,11-12,20H,13-14H2,1H3/t20-/m0/s1. The summed E-state index contributed by atoms with van der Waals surface area (Å²) in [5, 5.41) is 13.2. The fourth-order valence-corrected chi connectivity index (χ4v) is 4.95. The molecule has 0 fully saturated rings. The second kappa shape index (κ2) is 6.65. The fraction of sp³-hybridized carbons (Fsp3) is 0.200. The lowest BCUT2D eigenvalue weighted by atomic mass is 9.87. The lowest BCUT2D eigenvalue weighted by molar-refractivity contribution is 0.371. The molecular formula is C20H18N4O2S. The number of aromatic nitrogens is 2. The summed E-state index contributed by atoms with van der Waals surface area (Å²) in [4.78, 5) is 0.200. The van der Waals surface area contributed by atoms with Crippen LogP contribution in [-0.2, 0) is 23.6 Å². The number of fused-ring (bicyclic) bond motifs is 1. The number of aryl methyl sites for hydroxylation is 1. The second-order valence-corrected chi connectivity index (χ2v) is 8.57. The van der Waals surface area contributed by atoms with Crippen LogP contribution in [-0.4, -0.2) is 29.0 Å². The molecule has 2 aromatic carbocycles. The van der Waals surface area contributed by atoms with Crippen molar-refractivity contribution < 1.29 is 8.42 Å². The van der Waals surface area contributed by atoms with E-state index in [-0.39, 0.29) is 10.8 Å². The van der Waals surface area contributed by atoms with Crippen molar-refractivity contribution in [1.82, 2.24) is 14.1 Å². The zero-order valence-corrected chi connectivity index (χ0v) is 15.6. The summed E-state index contributed by atoms with van der Waals surface area (Å²) in [5.74, 6) is -0.0724. The van der Waals surface area contributed by atoms with E-state index in [2.05, 4.69) is 11.2 Å². The first-order chi connectivity index (χ1) is 13.0. The van der Waals surface area contributed by atoms with Crippen molar-refractivity contribution in [3.05, 3.63) is 83.2 Å². The van der Waals surface area contributed by atoms with Gasteiger partial charge in [-0.15, -0.1) is 0 Å². The van der Waals surface area contributed by atoms with Gasteiger partial charge in [-0.1, -0.05) is 24.3 Å². The third-order valence-electron chi connectivity index (χ3n) is 4.91. The summed E-state index contributed by atoms with van der Waals surface area (Å²) in [7, 11) is -1.82. The lowest BCUT2D eigenvalue weighted by Crippen LogP contribution is -2.38. The SMILES string of the molecule is Cn1cc([C@@H]2CN(S(=O)(=O)c3ccc(C#N)cc3)Cc3ccccc32)cn1. The van der Waals surface area contributed by atoms with Crippen molar-refractivity contribution in [3.63, 3.8) is 0 Å². The molecule has 0 amide bonds. The van der Waals surface area contributed by atoms with Crippen molar-refractivity contribution in [2.45, 2.75) is 17.4 Å². The first-order valence-corrected chi connectivity index (χ1v) is 9.99. The number of nitriles is 1. The van der Waals surface area contributed by atoms with Crippen molar-refractivity contribution in [3.8, 4) is 6.07 Å². The molecule has 0 unspecified atom stereocenters. The minimum Gasteiger partial charge on any atom is -0.276 e. The molecule has 4 rings (SSSR count). The average molecular weight is 378 g/mol. The Balaban J connectivity index is 1.75. The Morgan fingerprint density at radius 1 is 1.15 bits per heavy atom. The van der Waals surface area contributed by atoms with Gasteiger partial charge in [-0.05, 0) is 41.0 Å². The van der Waals surface area contributed by atoms with E-state index in [0.29, 0.717) is 18.7 Å². The van der Waals surface area contributed by atoms with Crippen molar-refractivity contribution in [2.24, 2.45) is 7.05 Å². The monoisotopic (exact) mass is 378 g/mol. The summed E-state index contributed by atoms with van der Waals surface area (Å²) < 4.78 is 29.6. The highest BCUT2D eigenvalue weighted by atomic mass is 32.2. The molecule has 0 N–H and O–H groups in total. The van der Waals surface area contributed by atoms with Crippen LogP contribution in [0.1, 0.15) is 28.2 Å². The quantitative estimate of drug-likeness (QED) is 0.702. The van der Waals surface area contributed by atoms with Crippen LogP contribution in [0.5, 0.6) is 0 Å². The Hall–Kier alpha value is -2.95. The van der Waals surface area contributed by atoms with E-state index in [0.717, 1.165) is 16.7 Å². The molecule has 1 aromatic heterocycles. The minimum atomic E-state index is -3.67. The van der Waals surface area contributed by atoms with E-state index in [1.807, 2.05) is 37.5 Å². The average Bonchev–Trinajstić information content (AvgIpc) is 3.13. The van der Waals surface area contributed by atoms with Crippen molar-refractivity contribution in [1.29, 1.82) is 5.26 Å². The van der Waals surface area contributed by atoms with Gasteiger partial charge in [-0.25, -0.2) is 8.42 Å². The van der Waals surface area contributed by atoms with Crippen molar-refractivity contribution in [2.75, 3.05) is 6.54 Å². The molecule has 1 aliphatic heterocycles. The molecule has 27 heavy (non-hydrogen) atoms. The Morgan fingerprint density at radius 2 is 1.89 bits per heavy atom. The van der Waals surface area contributed by atoms with Crippen molar-refractivity contribution >= 4 is 10.0 Å². The molecule has 3 aromatic rings. The van der Waals surface area contributed by atoms with E-state index in [1.165, 1.54) is 28.6 Å². The Bertz CT molecular complexity index is 1130. The van der Waals surface area contributed by atoms with E-state index in [9.17, 15) is 8.42 Å². The van der Waals surface area contributed by atoms with Gasteiger partial charge in [-0.2, -0.15) is 14.7 Å². The number of rotatable bonds is 3. The van der Waals surface area contributed by atoms with Crippen LogP contribution in [0, 0.1) is 11.3 Å². The number of benzene rings is 2. The molecular weight excluding hydrogens is 360 g/mol. The molecule has 7 heteroatoms. The zero-order valence-electron chi connectivity index (χ0n) is 14.8. The van der Waals surface area contributed by atoms with Gasteiger partial charge in [0.05, 0.1) is 22.7 Å². The van der Waals surface area contributed by atoms with Gasteiger partial charge in [-0.3, -0.25) is 4.68 Å². The number of hydrogen-bond donors (Lipinski definition) is 0. The summed E-state index contributed by atoms with van der Waals surface area (Å²) in [6.45, 7) is 0.681. The predicted molar refractivity (Wildman–Crippen MR) is 100 cm³/mol. The fourth-order valence-electron chi connectivity index (χ4n) is 3.51. The summed E-state index contributed by atoms with van der Waals surface area (Å²) in [6, 6.07) is 16.0. The Kier molecular flexibility index (Phi) is 4.30. The smallest absolute Gasteiger partial charge is 0.243 e. The number of sulfonamides is 1. The van der Waals surface area contributed by atoms with Crippen LogP contribution >= 0.6 is 0 Å². The second-order valence-electron chi connectivity index (χ2n) is 6.63. The third kappa shape index (κ3) is 3.14. The number of hydrogen-bond acceptors (Lipinski definition) is 4. The van der Waals surface area contributed by atoms with Gasteiger partial charge < -0.3 is 0 Å². The van der Waals surface area contributed by atoms with Crippen LogP contribution in [0.4, 0.5) is 0 Å². The van der Waals surface area contributed by atoms with E-state index >= 15 is 0 Å². The van der Waals surface area contributed by atoms with Crippen LogP contribution < -0.4 is 0 Å². The van der Waals surface area contributed by atoms with E-state index < -0.39 is 10.0 Å². The van der Waals surface area contributed by atoms with Gasteiger partial charge in [0.2, 0.25) is 10.0 Å². The predicted octanol–water partition coefficient (Wildman–Crippen LogP) is 2.63. The van der Waals surface area contributed by atoms with Crippen LogP contribution in [0.25, 0.3) is 0 Å². The zero-order chi connectivity index (χ0) is 19.0. The van der Waals surface area contributed by atoms with E-state index in [4.69, 9.17) is 5.26 Å². The first-order valence-electron chi connectivity index (χ1n) is 8.55. The third-order valence-corrected chi connectivity index (χ3v) is 6.74. The van der Waals surface area contributed by atoms with E-state index in [1.54, 1.807) is 10.9 Å². The molecule has 0 radical (unpaired) electrons. The maximum absolute atomic E-state index is 13.2. The molecule has 0 saturated heterocycles. The normalized spacial score (nSPS) is 17.3. The molecule has 2 heterocycles. The van der Waals surface area contributed by atoms with Crippen LogP contribution in [0.3, 0.4) is 0 Å². The van der Waals surface area contributed by atoms with Gasteiger partial charge in [0.15, 0.2) is 0 Å². The highest BCUT2D eigenvalue weighted by Gasteiger charge is 2.34. The molecule has 0 saturated carbocycles. The van der Waals surface area contributed by atoms with Gasteiger partial charge in [0.25, 0.3) is 0 Å². The highest BCUT2D eigenvalue weighted by Crippen LogP contribution is 2.35. The minimum absolute atomic E-state index is 0.0724. The topological polar surface area (TPSA) is 79.0 Å². The number of nitrogens with zero attached hydrogens (tertiary/aromatic N) is 4. The van der Waals surface area contributed by atoms with Gasteiger partial charge in [0, 0.05) is 32.3 Å². The van der Waals surface area contributed by atoms with Crippen LogP contribution in [0.15, 0.2) is 65.8 Å². The van der Waals surface area contributed by atoms with Crippen LogP contribution in [0.2, 0.25) is 0 Å². The molecule has 0 aliphatic carbocycles. The molecule has 1 atom stereocenters. The first kappa shape index (κ1) is 17.5. The maximum atomic E-state index is 13.2. The molecule has 1 aliphatic rings. The summed E-state index contributed by atoms with van der Waals surface area (Å²) in [6.07, 6.45) is 3.72. The summed E-state index contributed by atoms with van der Waals surface area (Å²) in [5.41, 5.74) is 3.56. The van der Waals surface area contributed by atoms with Gasteiger partial charge >= 0.3 is 0 Å². The van der Waals surface area contributed by atoms with Gasteiger partial charge in [0.1, 0.15) is 0 Å². The molecule has 6 nitrogen and oxygen atoms in total. The summed E-state index contributed by atoms with van der Waals surface area (Å²) >= 11 is 0. The highest BCUT2D eigenvalue weighted by molar-refractivity contribution is 7.89. The maximum Gasteiger partial charge on any atom is 0.243 e. The molecule has 0 bridgehead atoms. The Labute approximate surface area is 158 Å². The lowest BCUT2D eigenvalue weighted by Gasteiger charge is -2.33. The molecule has 0 spiro atoms.